The SMILES string of the molecule is CCSc1nnc2c(n1)O[C@@H](c1ccccc1OC)N(C(C)=O)c1ccccc1-2. The Morgan fingerprint density at radius 1 is 1.17 bits per heavy atom. The van der Waals surface area contributed by atoms with E-state index in [2.05, 4.69) is 15.2 Å². The number of methoxy groups -OCH3 is 1. The van der Waals surface area contributed by atoms with E-state index in [4.69, 9.17) is 9.47 Å². The third-order valence-corrected chi connectivity index (χ3v) is 5.25. The van der Waals surface area contributed by atoms with Gasteiger partial charge in [-0.25, -0.2) is 0 Å². The number of hydrogen-bond donors (Lipinski definition) is 0. The van der Waals surface area contributed by atoms with Gasteiger partial charge in [-0.1, -0.05) is 49.0 Å². The summed E-state index contributed by atoms with van der Waals surface area (Å²) in [7, 11) is 1.59. The number of fused-ring (bicyclic) bond motifs is 3. The Hall–Kier alpha value is -3.13. The Morgan fingerprint density at radius 2 is 1.93 bits per heavy atom. The Balaban J connectivity index is 1.97. The predicted octanol–water partition coefficient (Wildman–Crippen LogP) is 4.10. The molecule has 29 heavy (non-hydrogen) atoms. The zero-order valence-corrected chi connectivity index (χ0v) is 17.1. The van der Waals surface area contributed by atoms with E-state index in [0.717, 1.165) is 16.9 Å². The molecule has 0 aliphatic carbocycles. The lowest BCUT2D eigenvalue weighted by atomic mass is 10.1. The largest absolute Gasteiger partial charge is 0.496 e. The number of benzene rings is 2. The van der Waals surface area contributed by atoms with Gasteiger partial charge in [0.2, 0.25) is 23.2 Å². The fraction of sp³-hybridized carbons (Fsp3) is 0.238. The third-order valence-electron chi connectivity index (χ3n) is 4.53. The number of thioether (sulfide) groups is 1. The highest BCUT2D eigenvalue weighted by Crippen LogP contribution is 2.44. The van der Waals surface area contributed by atoms with Gasteiger partial charge >= 0.3 is 0 Å². The number of hydrogen-bond acceptors (Lipinski definition) is 7. The summed E-state index contributed by atoms with van der Waals surface area (Å²) in [6.07, 6.45) is -0.762. The third kappa shape index (κ3) is 3.51. The van der Waals surface area contributed by atoms with Crippen LogP contribution in [0.1, 0.15) is 25.6 Å². The van der Waals surface area contributed by atoms with Crippen LogP contribution < -0.4 is 14.4 Å². The lowest BCUT2D eigenvalue weighted by Crippen LogP contribution is -2.36. The lowest BCUT2D eigenvalue weighted by molar-refractivity contribution is -0.118. The maximum atomic E-state index is 12.8. The van der Waals surface area contributed by atoms with Gasteiger partial charge in [0.1, 0.15) is 5.75 Å². The molecule has 0 saturated carbocycles. The van der Waals surface area contributed by atoms with Crippen LogP contribution in [0, 0.1) is 0 Å². The first-order valence-corrected chi connectivity index (χ1v) is 10.2. The van der Waals surface area contributed by atoms with E-state index in [0.29, 0.717) is 28.2 Å². The van der Waals surface area contributed by atoms with Gasteiger partial charge in [0.15, 0.2) is 5.69 Å². The van der Waals surface area contributed by atoms with Crippen molar-refractivity contribution in [1.82, 2.24) is 15.2 Å². The molecule has 0 spiro atoms. The average Bonchev–Trinajstić information content (AvgIpc) is 2.88. The van der Waals surface area contributed by atoms with Gasteiger partial charge in [-0.3, -0.25) is 9.69 Å². The van der Waals surface area contributed by atoms with Crippen molar-refractivity contribution in [3.63, 3.8) is 0 Å². The average molecular weight is 408 g/mol. The number of carbonyl (C=O) groups excluding carboxylic acids is 1. The number of nitrogens with zero attached hydrogens (tertiary/aromatic N) is 4. The first-order chi connectivity index (χ1) is 14.1. The second-order valence-electron chi connectivity index (χ2n) is 6.30. The minimum Gasteiger partial charge on any atom is -0.496 e. The monoisotopic (exact) mass is 408 g/mol. The normalized spacial score (nSPS) is 15.0. The Labute approximate surface area is 173 Å². The summed E-state index contributed by atoms with van der Waals surface area (Å²) < 4.78 is 11.9. The van der Waals surface area contributed by atoms with Crippen LogP contribution in [-0.4, -0.2) is 34.0 Å². The van der Waals surface area contributed by atoms with Crippen LogP contribution >= 0.6 is 11.8 Å². The maximum Gasteiger partial charge on any atom is 0.247 e. The van der Waals surface area contributed by atoms with Gasteiger partial charge in [0, 0.05) is 12.5 Å². The summed E-state index contributed by atoms with van der Waals surface area (Å²) in [6, 6.07) is 15.0. The molecule has 1 aliphatic rings. The van der Waals surface area contributed by atoms with Crippen LogP contribution in [0.25, 0.3) is 11.3 Å². The molecule has 2 heterocycles. The summed E-state index contributed by atoms with van der Waals surface area (Å²) in [6.45, 7) is 3.53. The Morgan fingerprint density at radius 3 is 2.69 bits per heavy atom. The zero-order chi connectivity index (χ0) is 20.4. The lowest BCUT2D eigenvalue weighted by Gasteiger charge is -2.30. The van der Waals surface area contributed by atoms with Gasteiger partial charge in [0.25, 0.3) is 0 Å². The fourth-order valence-electron chi connectivity index (χ4n) is 3.32. The summed E-state index contributed by atoms with van der Waals surface area (Å²) in [5.74, 6) is 1.60. The van der Waals surface area contributed by atoms with Crippen LogP contribution in [0.15, 0.2) is 53.7 Å². The van der Waals surface area contributed by atoms with Crippen molar-refractivity contribution in [2.75, 3.05) is 17.8 Å². The van der Waals surface area contributed by atoms with Crippen molar-refractivity contribution in [2.24, 2.45) is 0 Å². The maximum absolute atomic E-state index is 12.8. The Bertz CT molecular complexity index is 1060. The summed E-state index contributed by atoms with van der Waals surface area (Å²) >= 11 is 1.48. The molecule has 0 bridgehead atoms. The van der Waals surface area contributed by atoms with Crippen molar-refractivity contribution in [1.29, 1.82) is 0 Å². The molecule has 2 aromatic carbocycles. The summed E-state index contributed by atoms with van der Waals surface area (Å²) in [5.41, 5.74) is 2.64. The zero-order valence-electron chi connectivity index (χ0n) is 16.3. The molecule has 1 atom stereocenters. The first-order valence-electron chi connectivity index (χ1n) is 9.20. The van der Waals surface area contributed by atoms with Gasteiger partial charge < -0.3 is 9.47 Å². The predicted molar refractivity (Wildman–Crippen MR) is 111 cm³/mol. The highest BCUT2D eigenvalue weighted by atomic mass is 32.2. The highest BCUT2D eigenvalue weighted by molar-refractivity contribution is 7.99. The van der Waals surface area contributed by atoms with E-state index in [-0.39, 0.29) is 5.91 Å². The number of carbonyl (C=O) groups is 1. The topological polar surface area (TPSA) is 77.4 Å². The molecule has 0 saturated heterocycles. The molecule has 4 rings (SSSR count). The standard InChI is InChI=1S/C21H20N4O3S/c1-4-29-21-22-19-18(23-24-21)14-9-5-7-11-16(14)25(13(2)26)20(28-19)15-10-6-8-12-17(15)27-3/h5-12,20H,4H2,1-3H3/t20-/m0/s1. The van der Waals surface area contributed by atoms with E-state index in [1.54, 1.807) is 12.0 Å². The smallest absolute Gasteiger partial charge is 0.247 e. The first kappa shape index (κ1) is 19.2. The van der Waals surface area contributed by atoms with Crippen molar-refractivity contribution in [3.8, 4) is 22.9 Å². The van der Waals surface area contributed by atoms with Crippen molar-refractivity contribution in [3.05, 3.63) is 54.1 Å². The van der Waals surface area contributed by atoms with Crippen molar-refractivity contribution < 1.29 is 14.3 Å². The Kier molecular flexibility index (Phi) is 5.35. The number of aromatic nitrogens is 3. The molecule has 3 aromatic rings. The van der Waals surface area contributed by atoms with E-state index in [1.165, 1.54) is 18.7 Å². The second-order valence-corrected chi connectivity index (χ2v) is 7.53. The quantitative estimate of drug-likeness (QED) is 0.601. The molecule has 0 unspecified atom stereocenters. The molecular weight excluding hydrogens is 388 g/mol. The van der Waals surface area contributed by atoms with E-state index in [1.807, 2.05) is 55.5 Å². The molecule has 1 aromatic heterocycles. The number of amides is 1. The second kappa shape index (κ2) is 8.08. The van der Waals surface area contributed by atoms with Crippen LogP contribution in [0.3, 0.4) is 0 Å². The van der Waals surface area contributed by atoms with Crippen molar-refractivity contribution in [2.45, 2.75) is 25.2 Å². The van der Waals surface area contributed by atoms with Gasteiger partial charge in [-0.15, -0.1) is 10.2 Å². The molecular formula is C21H20N4O3S. The van der Waals surface area contributed by atoms with Crippen LogP contribution in [0.5, 0.6) is 11.6 Å². The van der Waals surface area contributed by atoms with Crippen LogP contribution in [0.2, 0.25) is 0 Å². The molecule has 1 aliphatic heterocycles. The number of rotatable bonds is 4. The molecule has 0 N–H and O–H groups in total. The minimum absolute atomic E-state index is 0.169. The molecule has 7 nitrogen and oxygen atoms in total. The van der Waals surface area contributed by atoms with Crippen molar-refractivity contribution >= 4 is 23.4 Å². The molecule has 1 amide bonds. The van der Waals surface area contributed by atoms with Gasteiger partial charge in [-0.2, -0.15) is 4.98 Å². The van der Waals surface area contributed by atoms with E-state index < -0.39 is 6.23 Å². The summed E-state index contributed by atoms with van der Waals surface area (Å²) in [4.78, 5) is 18.9. The highest BCUT2D eigenvalue weighted by Gasteiger charge is 2.35. The minimum atomic E-state index is -0.762. The summed E-state index contributed by atoms with van der Waals surface area (Å²) in [5, 5.41) is 9.12. The van der Waals surface area contributed by atoms with Crippen LogP contribution in [0.4, 0.5) is 5.69 Å². The van der Waals surface area contributed by atoms with E-state index in [9.17, 15) is 4.79 Å². The number of para-hydroxylation sites is 2. The molecule has 0 radical (unpaired) electrons. The van der Waals surface area contributed by atoms with Gasteiger partial charge in [0.05, 0.1) is 18.4 Å². The number of anilines is 1. The molecule has 148 valence electrons. The number of ether oxygens (including phenoxy) is 2. The van der Waals surface area contributed by atoms with E-state index >= 15 is 0 Å². The fourth-order valence-corrected chi connectivity index (χ4v) is 3.82. The molecule has 8 heteroatoms. The molecule has 0 fully saturated rings. The van der Waals surface area contributed by atoms with Crippen LogP contribution in [-0.2, 0) is 4.79 Å². The van der Waals surface area contributed by atoms with Gasteiger partial charge in [-0.05, 0) is 24.0 Å².